The zero-order chi connectivity index (χ0) is 18.6. The molecule has 0 atom stereocenters. The van der Waals surface area contributed by atoms with Gasteiger partial charge in [-0.15, -0.1) is 0 Å². The van der Waals surface area contributed by atoms with E-state index in [4.69, 9.17) is 5.73 Å². The number of hydrogen-bond acceptors (Lipinski definition) is 3. The zero-order valence-electron chi connectivity index (χ0n) is 15.2. The van der Waals surface area contributed by atoms with Gasteiger partial charge in [-0.25, -0.2) is 0 Å². The summed E-state index contributed by atoms with van der Waals surface area (Å²) in [6.45, 7) is 5.97. The Hall–Kier alpha value is -2.82. The van der Waals surface area contributed by atoms with Crippen LogP contribution in [0.15, 0.2) is 36.4 Å². The number of benzene rings is 2. The predicted octanol–water partition coefficient (Wildman–Crippen LogP) is 2.83. The Morgan fingerprint density at radius 1 is 1.04 bits per heavy atom. The van der Waals surface area contributed by atoms with Gasteiger partial charge in [0, 0.05) is 18.4 Å². The van der Waals surface area contributed by atoms with Gasteiger partial charge in [-0.05, 0) is 49.6 Å². The minimum atomic E-state index is -0.205. The topological polar surface area (TPSA) is 75.4 Å². The molecule has 0 spiro atoms. The maximum atomic E-state index is 12.3. The van der Waals surface area contributed by atoms with Crippen molar-refractivity contribution in [3.8, 4) is 0 Å². The van der Waals surface area contributed by atoms with Crippen LogP contribution in [0, 0.1) is 20.8 Å². The van der Waals surface area contributed by atoms with Gasteiger partial charge in [0.1, 0.15) is 0 Å². The van der Waals surface area contributed by atoms with Crippen LogP contribution >= 0.6 is 0 Å². The molecular formula is C20H25N3O2. The second kappa shape index (κ2) is 7.83. The third-order valence-corrected chi connectivity index (χ3v) is 4.08. The van der Waals surface area contributed by atoms with Crippen molar-refractivity contribution >= 4 is 23.2 Å². The van der Waals surface area contributed by atoms with Crippen molar-refractivity contribution in [2.24, 2.45) is 0 Å². The van der Waals surface area contributed by atoms with E-state index in [1.54, 1.807) is 19.2 Å². The van der Waals surface area contributed by atoms with E-state index in [0.717, 1.165) is 27.9 Å². The van der Waals surface area contributed by atoms with Gasteiger partial charge in [-0.1, -0.05) is 29.8 Å². The molecule has 2 aromatic rings. The molecule has 132 valence electrons. The lowest BCUT2D eigenvalue weighted by molar-refractivity contribution is -0.132. The Balaban J connectivity index is 1.95. The van der Waals surface area contributed by atoms with Crippen LogP contribution in [-0.2, 0) is 16.0 Å². The molecule has 0 aliphatic heterocycles. The lowest BCUT2D eigenvalue weighted by Crippen LogP contribution is -2.36. The highest BCUT2D eigenvalue weighted by molar-refractivity contribution is 5.96. The average Bonchev–Trinajstić information content (AvgIpc) is 2.53. The second-order valence-corrected chi connectivity index (χ2v) is 6.49. The van der Waals surface area contributed by atoms with Gasteiger partial charge < -0.3 is 16.0 Å². The molecule has 25 heavy (non-hydrogen) atoms. The first kappa shape index (κ1) is 18.5. The van der Waals surface area contributed by atoms with Crippen LogP contribution in [0.25, 0.3) is 0 Å². The fourth-order valence-electron chi connectivity index (χ4n) is 2.80. The standard InChI is InChI=1S/C20H25N3O2/c1-13-9-14(2)20(15(3)10-13)22-18(24)12-23(4)19(25)11-16-5-7-17(21)8-6-16/h5-10H,11-12,21H2,1-4H3,(H,22,24). The zero-order valence-corrected chi connectivity index (χ0v) is 15.2. The van der Waals surface area contributed by atoms with E-state index in [1.165, 1.54) is 4.90 Å². The number of carbonyl (C=O) groups excluding carboxylic acids is 2. The van der Waals surface area contributed by atoms with Crippen LogP contribution in [-0.4, -0.2) is 30.3 Å². The maximum absolute atomic E-state index is 12.3. The van der Waals surface area contributed by atoms with Crippen LogP contribution in [0.3, 0.4) is 0 Å². The fourth-order valence-corrected chi connectivity index (χ4v) is 2.80. The Labute approximate surface area is 148 Å². The van der Waals surface area contributed by atoms with Gasteiger partial charge in [0.25, 0.3) is 0 Å². The summed E-state index contributed by atoms with van der Waals surface area (Å²) in [5, 5.41) is 2.91. The van der Waals surface area contributed by atoms with Crippen LogP contribution in [0.4, 0.5) is 11.4 Å². The van der Waals surface area contributed by atoms with Crippen LogP contribution in [0.5, 0.6) is 0 Å². The van der Waals surface area contributed by atoms with E-state index < -0.39 is 0 Å². The lowest BCUT2D eigenvalue weighted by Gasteiger charge is -2.18. The van der Waals surface area contributed by atoms with Crippen LogP contribution in [0.2, 0.25) is 0 Å². The van der Waals surface area contributed by atoms with Gasteiger partial charge in [0.05, 0.1) is 13.0 Å². The molecule has 0 fully saturated rings. The molecule has 2 aromatic carbocycles. The normalized spacial score (nSPS) is 10.4. The summed E-state index contributed by atoms with van der Waals surface area (Å²) in [5.74, 6) is -0.319. The van der Waals surface area contributed by atoms with Crippen molar-refractivity contribution in [3.63, 3.8) is 0 Å². The van der Waals surface area contributed by atoms with E-state index in [9.17, 15) is 9.59 Å². The molecule has 5 nitrogen and oxygen atoms in total. The van der Waals surface area contributed by atoms with Crippen molar-refractivity contribution in [2.45, 2.75) is 27.2 Å². The molecule has 0 unspecified atom stereocenters. The number of nitrogens with two attached hydrogens (primary N) is 1. The maximum Gasteiger partial charge on any atom is 0.243 e. The van der Waals surface area contributed by atoms with Crippen molar-refractivity contribution in [1.29, 1.82) is 0 Å². The fraction of sp³-hybridized carbons (Fsp3) is 0.300. The minimum absolute atomic E-state index is 0.0144. The molecule has 5 heteroatoms. The smallest absolute Gasteiger partial charge is 0.243 e. The van der Waals surface area contributed by atoms with Crippen LogP contribution < -0.4 is 11.1 Å². The highest BCUT2D eigenvalue weighted by Gasteiger charge is 2.15. The van der Waals surface area contributed by atoms with Crippen molar-refractivity contribution < 1.29 is 9.59 Å². The summed E-state index contributed by atoms with van der Waals surface area (Å²) in [6, 6.07) is 11.2. The molecule has 0 saturated heterocycles. The number of likely N-dealkylation sites (N-methyl/N-ethyl adjacent to an activating group) is 1. The first-order valence-corrected chi connectivity index (χ1v) is 8.22. The van der Waals surface area contributed by atoms with Crippen molar-refractivity contribution in [1.82, 2.24) is 4.90 Å². The molecular weight excluding hydrogens is 314 g/mol. The summed E-state index contributed by atoms with van der Waals surface area (Å²) >= 11 is 0. The van der Waals surface area contributed by atoms with E-state index in [0.29, 0.717) is 5.69 Å². The molecule has 0 aromatic heterocycles. The molecule has 2 amide bonds. The lowest BCUT2D eigenvalue weighted by atomic mass is 10.1. The first-order chi connectivity index (χ1) is 11.8. The van der Waals surface area contributed by atoms with E-state index in [1.807, 2.05) is 45.0 Å². The Morgan fingerprint density at radius 3 is 2.16 bits per heavy atom. The van der Waals surface area contributed by atoms with Gasteiger partial charge in [0.15, 0.2) is 0 Å². The first-order valence-electron chi connectivity index (χ1n) is 8.22. The van der Waals surface area contributed by atoms with E-state index >= 15 is 0 Å². The van der Waals surface area contributed by atoms with Gasteiger partial charge in [-0.3, -0.25) is 9.59 Å². The average molecular weight is 339 g/mol. The largest absolute Gasteiger partial charge is 0.399 e. The Kier molecular flexibility index (Phi) is 5.80. The third kappa shape index (κ3) is 5.08. The SMILES string of the molecule is Cc1cc(C)c(NC(=O)CN(C)C(=O)Cc2ccc(N)cc2)c(C)c1. The number of nitrogens with one attached hydrogen (secondary N) is 1. The number of nitrogens with zero attached hydrogens (tertiary/aromatic N) is 1. The number of nitrogen functional groups attached to an aromatic ring is 1. The summed E-state index contributed by atoms with van der Waals surface area (Å²) in [5.41, 5.74) is 11.2. The van der Waals surface area contributed by atoms with E-state index in [-0.39, 0.29) is 24.8 Å². The molecule has 0 heterocycles. The van der Waals surface area contributed by atoms with Crippen molar-refractivity contribution in [2.75, 3.05) is 24.6 Å². The highest BCUT2D eigenvalue weighted by atomic mass is 16.2. The molecule has 3 N–H and O–H groups in total. The van der Waals surface area contributed by atoms with Crippen LogP contribution in [0.1, 0.15) is 22.3 Å². The van der Waals surface area contributed by atoms with Gasteiger partial charge >= 0.3 is 0 Å². The Bertz CT molecular complexity index is 759. The summed E-state index contributed by atoms with van der Waals surface area (Å²) in [4.78, 5) is 26.0. The number of amides is 2. The summed E-state index contributed by atoms with van der Waals surface area (Å²) < 4.78 is 0. The van der Waals surface area contributed by atoms with Gasteiger partial charge in [-0.2, -0.15) is 0 Å². The number of aryl methyl sites for hydroxylation is 3. The quantitative estimate of drug-likeness (QED) is 0.823. The minimum Gasteiger partial charge on any atom is -0.399 e. The third-order valence-electron chi connectivity index (χ3n) is 4.08. The molecule has 0 bridgehead atoms. The molecule has 2 rings (SSSR count). The monoisotopic (exact) mass is 339 g/mol. The number of hydrogen-bond donors (Lipinski definition) is 2. The second-order valence-electron chi connectivity index (χ2n) is 6.49. The molecule has 0 aliphatic carbocycles. The molecule has 0 radical (unpaired) electrons. The molecule has 0 saturated carbocycles. The number of rotatable bonds is 5. The van der Waals surface area contributed by atoms with Crippen molar-refractivity contribution in [3.05, 3.63) is 58.7 Å². The summed E-state index contributed by atoms with van der Waals surface area (Å²) in [6.07, 6.45) is 0.243. The number of anilines is 2. The number of carbonyl (C=O) groups is 2. The summed E-state index contributed by atoms with van der Waals surface area (Å²) in [7, 11) is 1.63. The highest BCUT2D eigenvalue weighted by Crippen LogP contribution is 2.21. The Morgan fingerprint density at radius 2 is 1.60 bits per heavy atom. The predicted molar refractivity (Wildman–Crippen MR) is 101 cm³/mol. The van der Waals surface area contributed by atoms with Gasteiger partial charge in [0.2, 0.25) is 11.8 Å². The molecule has 0 aliphatic rings. The van der Waals surface area contributed by atoms with E-state index in [2.05, 4.69) is 5.32 Å².